The molecule has 6 heteroatoms. The van der Waals surface area contributed by atoms with Crippen molar-refractivity contribution >= 4 is 38.6 Å². The van der Waals surface area contributed by atoms with Crippen molar-refractivity contribution in [1.82, 2.24) is 9.38 Å². The van der Waals surface area contributed by atoms with Crippen LogP contribution in [0, 0.1) is 6.92 Å². The maximum atomic E-state index is 12.1. The molecule has 0 fully saturated rings. The van der Waals surface area contributed by atoms with E-state index in [0.29, 0.717) is 23.3 Å². The van der Waals surface area contributed by atoms with E-state index in [4.69, 9.17) is 0 Å². The molecule has 0 atom stereocenters. The van der Waals surface area contributed by atoms with Crippen LogP contribution in [-0.2, 0) is 6.42 Å². The first-order valence-corrected chi connectivity index (χ1v) is 6.03. The van der Waals surface area contributed by atoms with Crippen LogP contribution in [0.25, 0.3) is 5.65 Å². The van der Waals surface area contributed by atoms with Gasteiger partial charge < -0.3 is 5.11 Å². The number of halogens is 2. The standard InChI is InChI=1S/C11H11BrN2O2.BrH/c1-7-8(4-5-12)11(16)14-6-2-3-9(15)10(14)13-7;/h2-3,6,15H,4-5H2,1H3;1H. The van der Waals surface area contributed by atoms with Gasteiger partial charge in [0.25, 0.3) is 5.56 Å². The number of rotatable bonds is 2. The highest BCUT2D eigenvalue weighted by Crippen LogP contribution is 2.15. The predicted octanol–water partition coefficient (Wildman–Crippen LogP) is 2.22. The zero-order valence-electron chi connectivity index (χ0n) is 9.18. The van der Waals surface area contributed by atoms with Crippen LogP contribution in [-0.4, -0.2) is 19.8 Å². The molecule has 0 saturated carbocycles. The largest absolute Gasteiger partial charge is 0.504 e. The number of pyridine rings is 1. The second kappa shape index (κ2) is 5.64. The van der Waals surface area contributed by atoms with Gasteiger partial charge in [-0.2, -0.15) is 0 Å². The van der Waals surface area contributed by atoms with E-state index < -0.39 is 0 Å². The molecule has 0 aliphatic carbocycles. The summed E-state index contributed by atoms with van der Waals surface area (Å²) in [6.45, 7) is 1.78. The minimum atomic E-state index is -0.113. The second-order valence-corrected chi connectivity index (χ2v) is 4.30. The molecule has 0 bridgehead atoms. The fourth-order valence-electron chi connectivity index (χ4n) is 1.67. The summed E-state index contributed by atoms with van der Waals surface area (Å²) in [5, 5.41) is 10.3. The molecule has 1 N–H and O–H groups in total. The maximum Gasteiger partial charge on any atom is 0.261 e. The fourth-order valence-corrected chi connectivity index (χ4v) is 2.07. The lowest BCUT2D eigenvalue weighted by Crippen LogP contribution is -2.21. The van der Waals surface area contributed by atoms with Gasteiger partial charge in [0, 0.05) is 22.8 Å². The van der Waals surface area contributed by atoms with Crippen LogP contribution >= 0.6 is 32.9 Å². The summed E-state index contributed by atoms with van der Waals surface area (Å²) in [5.74, 6) is 0.0214. The molecule has 2 heterocycles. The number of hydrogen-bond acceptors (Lipinski definition) is 3. The van der Waals surface area contributed by atoms with E-state index in [0.717, 1.165) is 5.33 Å². The molecule has 0 amide bonds. The fraction of sp³-hybridized carbons (Fsp3) is 0.273. The lowest BCUT2D eigenvalue weighted by atomic mass is 10.2. The topological polar surface area (TPSA) is 54.6 Å². The Kier molecular flexibility index (Phi) is 4.70. The predicted molar refractivity (Wildman–Crippen MR) is 75.7 cm³/mol. The highest BCUT2D eigenvalue weighted by molar-refractivity contribution is 9.09. The van der Waals surface area contributed by atoms with Gasteiger partial charge in [-0.05, 0) is 25.5 Å². The zero-order valence-corrected chi connectivity index (χ0v) is 12.5. The van der Waals surface area contributed by atoms with E-state index in [1.807, 2.05) is 0 Å². The first-order chi connectivity index (χ1) is 7.65. The maximum absolute atomic E-state index is 12.1. The zero-order chi connectivity index (χ0) is 11.7. The Labute approximate surface area is 117 Å². The van der Waals surface area contributed by atoms with Gasteiger partial charge in [0.05, 0.1) is 0 Å². The van der Waals surface area contributed by atoms with Crippen molar-refractivity contribution in [2.45, 2.75) is 13.3 Å². The Morgan fingerprint density at radius 1 is 1.53 bits per heavy atom. The minimum Gasteiger partial charge on any atom is -0.504 e. The first-order valence-electron chi connectivity index (χ1n) is 4.91. The third kappa shape index (κ3) is 2.52. The molecular weight excluding hydrogens is 352 g/mol. The third-order valence-corrected chi connectivity index (χ3v) is 2.87. The van der Waals surface area contributed by atoms with Gasteiger partial charge in [0.1, 0.15) is 0 Å². The van der Waals surface area contributed by atoms with Crippen molar-refractivity contribution in [1.29, 1.82) is 0 Å². The summed E-state index contributed by atoms with van der Waals surface area (Å²) in [7, 11) is 0. The summed E-state index contributed by atoms with van der Waals surface area (Å²) >= 11 is 3.31. The average Bonchev–Trinajstić information content (AvgIpc) is 2.26. The number of aryl methyl sites for hydroxylation is 1. The lowest BCUT2D eigenvalue weighted by molar-refractivity contribution is 0.476. The van der Waals surface area contributed by atoms with Crippen LogP contribution in [0.4, 0.5) is 0 Å². The van der Waals surface area contributed by atoms with E-state index in [1.54, 1.807) is 19.2 Å². The minimum absolute atomic E-state index is 0. The first kappa shape index (κ1) is 14.2. The van der Waals surface area contributed by atoms with E-state index in [2.05, 4.69) is 20.9 Å². The molecule has 0 radical (unpaired) electrons. The van der Waals surface area contributed by atoms with Gasteiger partial charge in [-0.3, -0.25) is 9.20 Å². The number of aromatic hydroxyl groups is 1. The molecule has 2 rings (SSSR count). The second-order valence-electron chi connectivity index (χ2n) is 3.51. The van der Waals surface area contributed by atoms with E-state index in [-0.39, 0.29) is 28.3 Å². The number of aromatic nitrogens is 2. The SMILES string of the molecule is Br.Cc1nc2c(O)cccn2c(=O)c1CCBr. The van der Waals surface area contributed by atoms with Gasteiger partial charge in [-0.15, -0.1) is 17.0 Å². The Bertz CT molecular complexity index is 596. The van der Waals surface area contributed by atoms with Crippen molar-refractivity contribution in [3.63, 3.8) is 0 Å². The smallest absolute Gasteiger partial charge is 0.261 e. The van der Waals surface area contributed by atoms with Crippen LogP contribution in [0.15, 0.2) is 23.1 Å². The van der Waals surface area contributed by atoms with Crippen LogP contribution < -0.4 is 5.56 Å². The van der Waals surface area contributed by atoms with E-state index in [1.165, 1.54) is 10.5 Å². The number of fused-ring (bicyclic) bond motifs is 1. The molecule has 2 aromatic heterocycles. The third-order valence-electron chi connectivity index (χ3n) is 2.48. The molecule has 17 heavy (non-hydrogen) atoms. The molecular formula is C11H12Br2N2O2. The highest BCUT2D eigenvalue weighted by Gasteiger charge is 2.10. The van der Waals surface area contributed by atoms with Gasteiger partial charge in [0.2, 0.25) is 0 Å². The van der Waals surface area contributed by atoms with Crippen molar-refractivity contribution in [3.8, 4) is 5.75 Å². The van der Waals surface area contributed by atoms with Gasteiger partial charge >= 0.3 is 0 Å². The highest BCUT2D eigenvalue weighted by atomic mass is 79.9. The molecule has 0 aliphatic heterocycles. The average molecular weight is 364 g/mol. The van der Waals surface area contributed by atoms with Crippen LogP contribution in [0.3, 0.4) is 0 Å². The Morgan fingerprint density at radius 3 is 2.88 bits per heavy atom. The van der Waals surface area contributed by atoms with Crippen LogP contribution in [0.2, 0.25) is 0 Å². The molecule has 4 nitrogen and oxygen atoms in total. The molecule has 92 valence electrons. The lowest BCUT2D eigenvalue weighted by Gasteiger charge is -2.07. The van der Waals surface area contributed by atoms with E-state index in [9.17, 15) is 9.90 Å². The van der Waals surface area contributed by atoms with Crippen molar-refractivity contribution in [2.75, 3.05) is 5.33 Å². The van der Waals surface area contributed by atoms with Crippen molar-refractivity contribution < 1.29 is 5.11 Å². The molecule has 0 saturated heterocycles. The summed E-state index contributed by atoms with van der Waals surface area (Å²) in [4.78, 5) is 16.3. The quantitative estimate of drug-likeness (QED) is 0.832. The normalized spacial score (nSPS) is 10.2. The van der Waals surface area contributed by atoms with Gasteiger partial charge in [-0.25, -0.2) is 4.98 Å². The monoisotopic (exact) mass is 362 g/mol. The summed E-state index contributed by atoms with van der Waals surface area (Å²) in [6.07, 6.45) is 2.25. The summed E-state index contributed by atoms with van der Waals surface area (Å²) in [5.41, 5.74) is 1.55. The molecule has 0 aromatic carbocycles. The van der Waals surface area contributed by atoms with E-state index >= 15 is 0 Å². The Morgan fingerprint density at radius 2 is 2.24 bits per heavy atom. The Balaban J connectivity index is 0.00000144. The number of alkyl halides is 1. The Hall–Kier alpha value is -0.880. The van der Waals surface area contributed by atoms with Crippen molar-refractivity contribution in [2.24, 2.45) is 0 Å². The number of nitrogens with zero attached hydrogens (tertiary/aromatic N) is 2. The molecule has 0 spiro atoms. The van der Waals surface area contributed by atoms with Crippen LogP contribution in [0.5, 0.6) is 5.75 Å². The molecule has 2 aromatic rings. The van der Waals surface area contributed by atoms with Crippen molar-refractivity contribution in [3.05, 3.63) is 39.9 Å². The molecule has 0 unspecified atom stereocenters. The van der Waals surface area contributed by atoms with Gasteiger partial charge in [-0.1, -0.05) is 15.9 Å². The van der Waals surface area contributed by atoms with Gasteiger partial charge in [0.15, 0.2) is 11.4 Å². The van der Waals surface area contributed by atoms with Crippen LogP contribution in [0.1, 0.15) is 11.3 Å². The summed E-state index contributed by atoms with van der Waals surface area (Å²) < 4.78 is 1.38. The molecule has 0 aliphatic rings. The summed E-state index contributed by atoms with van der Waals surface area (Å²) in [6, 6.07) is 3.14. The number of hydrogen-bond donors (Lipinski definition) is 1.